The van der Waals surface area contributed by atoms with Crippen LogP contribution >= 0.6 is 0 Å². The Hall–Kier alpha value is -1.36. The van der Waals surface area contributed by atoms with Gasteiger partial charge in [-0.15, -0.1) is 0 Å². The number of nitrogens with zero attached hydrogens (tertiary/aromatic N) is 5. The van der Waals surface area contributed by atoms with Crippen LogP contribution in [-0.2, 0) is 0 Å². The number of likely N-dealkylation sites (N-methyl/N-ethyl adjacent to an activating group) is 1. The molecule has 1 saturated heterocycles. The number of piperazine rings is 1. The van der Waals surface area contributed by atoms with Crippen LogP contribution in [0.3, 0.4) is 0 Å². The molecule has 2 rings (SSSR count). The summed E-state index contributed by atoms with van der Waals surface area (Å²) in [7, 11) is 2.12. The average molecular weight is 291 g/mol. The Balaban J connectivity index is 2.08. The van der Waals surface area contributed by atoms with E-state index in [1.807, 2.05) is 6.92 Å². The van der Waals surface area contributed by atoms with E-state index >= 15 is 0 Å². The third-order valence-corrected chi connectivity index (χ3v) is 4.19. The molecule has 0 aliphatic carbocycles. The molecule has 0 aromatic carbocycles. The molecule has 5 nitrogen and oxygen atoms in total. The predicted molar refractivity (Wildman–Crippen MR) is 89.3 cm³/mol. The molecule has 2 heterocycles. The van der Waals surface area contributed by atoms with E-state index in [0.717, 1.165) is 56.7 Å². The van der Waals surface area contributed by atoms with E-state index < -0.39 is 0 Å². The molecule has 0 N–H and O–H groups in total. The Kier molecular flexibility index (Phi) is 5.79. The molecule has 0 amide bonds. The Morgan fingerprint density at radius 3 is 2.48 bits per heavy atom. The van der Waals surface area contributed by atoms with Gasteiger partial charge in [-0.1, -0.05) is 20.3 Å². The fraction of sp³-hybridized carbons (Fsp3) is 0.750. The second-order valence-electron chi connectivity index (χ2n) is 5.83. The molecule has 1 aromatic heterocycles. The molecule has 1 aliphatic rings. The second kappa shape index (κ2) is 7.59. The molecule has 0 bridgehead atoms. The third-order valence-electron chi connectivity index (χ3n) is 4.19. The number of unbranched alkanes of at least 4 members (excludes halogenated alkanes) is 1. The smallest absolute Gasteiger partial charge is 0.134 e. The van der Waals surface area contributed by atoms with E-state index in [2.05, 4.69) is 51.6 Å². The molecule has 1 aliphatic heterocycles. The first-order valence-corrected chi connectivity index (χ1v) is 8.18. The van der Waals surface area contributed by atoms with Crippen LogP contribution < -0.4 is 9.80 Å². The summed E-state index contributed by atoms with van der Waals surface area (Å²) in [6, 6.07) is 2.14. The summed E-state index contributed by atoms with van der Waals surface area (Å²) in [5.74, 6) is 2.99. The van der Waals surface area contributed by atoms with E-state index in [4.69, 9.17) is 0 Å². The summed E-state index contributed by atoms with van der Waals surface area (Å²) in [6.45, 7) is 13.0. The molecule has 0 unspecified atom stereocenters. The lowest BCUT2D eigenvalue weighted by molar-refractivity contribution is 0.270. The minimum atomic E-state index is 0.865. The monoisotopic (exact) mass is 291 g/mol. The molecule has 118 valence electrons. The molecule has 0 spiro atoms. The number of hydrogen-bond donors (Lipinski definition) is 0. The summed E-state index contributed by atoms with van der Waals surface area (Å²) in [4.78, 5) is 16.3. The molecule has 0 atom stereocenters. The summed E-state index contributed by atoms with van der Waals surface area (Å²) < 4.78 is 0. The summed E-state index contributed by atoms with van der Waals surface area (Å²) in [5.41, 5.74) is 0. The van der Waals surface area contributed by atoms with Crippen LogP contribution in [0.25, 0.3) is 0 Å². The molecular weight excluding hydrogens is 262 g/mol. The lowest BCUT2D eigenvalue weighted by Gasteiger charge is -2.35. The van der Waals surface area contributed by atoms with Crippen LogP contribution in [0.1, 0.15) is 32.5 Å². The van der Waals surface area contributed by atoms with Crippen LogP contribution in [0, 0.1) is 6.92 Å². The zero-order valence-electron chi connectivity index (χ0n) is 14.0. The predicted octanol–water partition coefficient (Wildman–Crippen LogP) is 2.16. The average Bonchev–Trinajstić information content (AvgIpc) is 2.52. The van der Waals surface area contributed by atoms with Gasteiger partial charge in [0.25, 0.3) is 0 Å². The van der Waals surface area contributed by atoms with Crippen molar-refractivity contribution >= 4 is 11.6 Å². The van der Waals surface area contributed by atoms with E-state index in [0.29, 0.717) is 0 Å². The van der Waals surface area contributed by atoms with Crippen LogP contribution in [0.4, 0.5) is 11.6 Å². The minimum absolute atomic E-state index is 0.865. The molecule has 5 heteroatoms. The highest BCUT2D eigenvalue weighted by Gasteiger charge is 2.18. The fourth-order valence-corrected chi connectivity index (χ4v) is 2.70. The fourth-order valence-electron chi connectivity index (χ4n) is 2.70. The Morgan fingerprint density at radius 2 is 1.86 bits per heavy atom. The first-order valence-electron chi connectivity index (χ1n) is 8.18. The van der Waals surface area contributed by atoms with Crippen molar-refractivity contribution in [1.82, 2.24) is 14.9 Å². The number of rotatable bonds is 6. The van der Waals surface area contributed by atoms with Crippen molar-refractivity contribution in [3.8, 4) is 0 Å². The van der Waals surface area contributed by atoms with Gasteiger partial charge in [-0.05, 0) is 19.9 Å². The largest absolute Gasteiger partial charge is 0.360 e. The van der Waals surface area contributed by atoms with Crippen LogP contribution in [0.15, 0.2) is 6.07 Å². The van der Waals surface area contributed by atoms with Gasteiger partial charge in [0.05, 0.1) is 0 Å². The Bertz CT molecular complexity index is 440. The van der Waals surface area contributed by atoms with Crippen molar-refractivity contribution < 1.29 is 0 Å². The van der Waals surface area contributed by atoms with E-state index in [9.17, 15) is 0 Å². The van der Waals surface area contributed by atoms with Gasteiger partial charge in [0.1, 0.15) is 17.5 Å². The normalized spacial score (nSPS) is 16.3. The van der Waals surface area contributed by atoms with Gasteiger partial charge in [0.15, 0.2) is 0 Å². The first kappa shape index (κ1) is 16.0. The van der Waals surface area contributed by atoms with Gasteiger partial charge in [-0.25, -0.2) is 9.97 Å². The van der Waals surface area contributed by atoms with Crippen LogP contribution in [0.5, 0.6) is 0 Å². The lowest BCUT2D eigenvalue weighted by atomic mass is 10.3. The quantitative estimate of drug-likeness (QED) is 0.802. The molecule has 1 aromatic rings. The zero-order chi connectivity index (χ0) is 15.2. The highest BCUT2D eigenvalue weighted by atomic mass is 15.3. The Morgan fingerprint density at radius 1 is 1.14 bits per heavy atom. The molecule has 0 saturated carbocycles. The van der Waals surface area contributed by atoms with Gasteiger partial charge in [0.2, 0.25) is 0 Å². The summed E-state index contributed by atoms with van der Waals surface area (Å²) in [6.07, 6.45) is 2.41. The maximum atomic E-state index is 4.64. The van der Waals surface area contributed by atoms with Gasteiger partial charge in [0, 0.05) is 45.8 Å². The van der Waals surface area contributed by atoms with E-state index in [1.54, 1.807) is 0 Å². The molecular formula is C16H29N5. The highest BCUT2D eigenvalue weighted by Crippen LogP contribution is 2.20. The van der Waals surface area contributed by atoms with Gasteiger partial charge >= 0.3 is 0 Å². The van der Waals surface area contributed by atoms with Gasteiger partial charge in [-0.3, -0.25) is 0 Å². The number of aryl methyl sites for hydroxylation is 1. The zero-order valence-corrected chi connectivity index (χ0v) is 14.0. The molecule has 21 heavy (non-hydrogen) atoms. The van der Waals surface area contributed by atoms with Crippen molar-refractivity contribution in [3.05, 3.63) is 11.9 Å². The second-order valence-corrected chi connectivity index (χ2v) is 5.83. The van der Waals surface area contributed by atoms with Gasteiger partial charge < -0.3 is 14.7 Å². The minimum Gasteiger partial charge on any atom is -0.360 e. The SMILES string of the molecule is CCCCN(C)c1cc(N2CCN(CC)CC2)nc(C)n1. The van der Waals surface area contributed by atoms with E-state index in [-0.39, 0.29) is 0 Å². The maximum Gasteiger partial charge on any atom is 0.134 e. The molecule has 0 radical (unpaired) electrons. The third kappa shape index (κ3) is 4.30. The number of hydrogen-bond acceptors (Lipinski definition) is 5. The maximum absolute atomic E-state index is 4.64. The van der Waals surface area contributed by atoms with Crippen molar-refractivity contribution in [1.29, 1.82) is 0 Å². The molecule has 1 fully saturated rings. The van der Waals surface area contributed by atoms with Crippen molar-refractivity contribution in [2.24, 2.45) is 0 Å². The van der Waals surface area contributed by atoms with Crippen LogP contribution in [-0.4, -0.2) is 61.2 Å². The summed E-state index contributed by atoms with van der Waals surface area (Å²) >= 11 is 0. The summed E-state index contributed by atoms with van der Waals surface area (Å²) in [5, 5.41) is 0. The topological polar surface area (TPSA) is 35.5 Å². The van der Waals surface area contributed by atoms with E-state index in [1.165, 1.54) is 12.8 Å². The number of aromatic nitrogens is 2. The van der Waals surface area contributed by atoms with Crippen molar-refractivity contribution in [3.63, 3.8) is 0 Å². The first-order chi connectivity index (χ1) is 10.1. The van der Waals surface area contributed by atoms with Gasteiger partial charge in [-0.2, -0.15) is 0 Å². The number of anilines is 2. The van der Waals surface area contributed by atoms with Crippen LogP contribution in [0.2, 0.25) is 0 Å². The Labute approximate surface area is 129 Å². The highest BCUT2D eigenvalue weighted by molar-refractivity contribution is 5.51. The van der Waals surface area contributed by atoms with Crippen molar-refractivity contribution in [2.75, 3.05) is 56.1 Å². The lowest BCUT2D eigenvalue weighted by Crippen LogP contribution is -2.46. The standard InChI is InChI=1S/C16H29N5/c1-5-7-8-19(4)15-13-16(18-14(3)17-15)21-11-9-20(6-2)10-12-21/h13H,5-12H2,1-4H3. The van der Waals surface area contributed by atoms with Crippen molar-refractivity contribution in [2.45, 2.75) is 33.6 Å².